The first kappa shape index (κ1) is 24.7. The minimum absolute atomic E-state index is 0.0729. The van der Waals surface area contributed by atoms with E-state index in [1.807, 2.05) is 29.7 Å². The number of aliphatic hydroxyl groups excluding tert-OH is 1. The smallest absolute Gasteiger partial charge is 0.295 e. The molecule has 0 aliphatic carbocycles. The van der Waals surface area contributed by atoms with Gasteiger partial charge in [0.1, 0.15) is 11.3 Å². The second kappa shape index (κ2) is 9.71. The second-order valence-electron chi connectivity index (χ2n) is 8.32. The summed E-state index contributed by atoms with van der Waals surface area (Å²) in [6.07, 6.45) is 2.31. The molecule has 1 aliphatic heterocycles. The third kappa shape index (κ3) is 4.17. The molecule has 1 amide bonds. The SMILES string of the molecule is COCCCN1C(=O)C(=O)C(=C(O)c2nc3c(C)cccn3c2C)C1c1cc(Br)c(O)c(OC)c1. The van der Waals surface area contributed by atoms with Gasteiger partial charge in [-0.25, -0.2) is 4.98 Å². The van der Waals surface area contributed by atoms with Crippen LogP contribution in [0.5, 0.6) is 11.5 Å². The number of benzene rings is 1. The summed E-state index contributed by atoms with van der Waals surface area (Å²) in [4.78, 5) is 32.4. The Morgan fingerprint density at radius 2 is 1.97 bits per heavy atom. The molecule has 0 spiro atoms. The van der Waals surface area contributed by atoms with Crippen molar-refractivity contribution in [2.45, 2.75) is 26.3 Å². The quantitative estimate of drug-likeness (QED) is 0.201. The average molecular weight is 544 g/mol. The maximum absolute atomic E-state index is 13.3. The van der Waals surface area contributed by atoms with E-state index in [1.54, 1.807) is 26.2 Å². The van der Waals surface area contributed by atoms with Crippen LogP contribution in [0.3, 0.4) is 0 Å². The van der Waals surface area contributed by atoms with Gasteiger partial charge < -0.3 is 29.0 Å². The Balaban J connectivity index is 1.95. The van der Waals surface area contributed by atoms with Crippen LogP contribution in [-0.2, 0) is 14.3 Å². The number of phenolic OH excluding ortho intramolecular Hbond substituents is 1. The zero-order chi connectivity index (χ0) is 25.4. The van der Waals surface area contributed by atoms with Gasteiger partial charge in [-0.3, -0.25) is 9.59 Å². The van der Waals surface area contributed by atoms with Gasteiger partial charge in [0.15, 0.2) is 17.3 Å². The van der Waals surface area contributed by atoms with Crippen molar-refractivity contribution in [2.24, 2.45) is 0 Å². The number of aromatic nitrogens is 2. The highest BCUT2D eigenvalue weighted by Crippen LogP contribution is 2.44. The number of rotatable bonds is 7. The molecule has 9 nitrogen and oxygen atoms in total. The van der Waals surface area contributed by atoms with Crippen LogP contribution in [0.2, 0.25) is 0 Å². The minimum Gasteiger partial charge on any atom is -0.505 e. The van der Waals surface area contributed by atoms with E-state index in [0.717, 1.165) is 5.56 Å². The molecule has 10 heteroatoms. The van der Waals surface area contributed by atoms with E-state index >= 15 is 0 Å². The van der Waals surface area contributed by atoms with E-state index in [2.05, 4.69) is 20.9 Å². The number of imidazole rings is 1. The van der Waals surface area contributed by atoms with Crippen LogP contribution in [0.15, 0.2) is 40.5 Å². The van der Waals surface area contributed by atoms with Gasteiger partial charge in [0.25, 0.3) is 11.7 Å². The first-order valence-electron chi connectivity index (χ1n) is 11.0. The van der Waals surface area contributed by atoms with E-state index in [1.165, 1.54) is 12.0 Å². The Morgan fingerprint density at radius 1 is 1.23 bits per heavy atom. The number of phenols is 1. The van der Waals surface area contributed by atoms with Crippen molar-refractivity contribution in [3.63, 3.8) is 0 Å². The Morgan fingerprint density at radius 3 is 2.63 bits per heavy atom. The number of likely N-dealkylation sites (tertiary alicyclic amines) is 1. The maximum Gasteiger partial charge on any atom is 0.295 e. The maximum atomic E-state index is 13.3. The van der Waals surface area contributed by atoms with Crippen molar-refractivity contribution in [1.82, 2.24) is 14.3 Å². The Bertz CT molecular complexity index is 1360. The lowest BCUT2D eigenvalue weighted by Gasteiger charge is -2.26. The number of amides is 1. The number of nitrogens with zero attached hydrogens (tertiary/aromatic N) is 3. The van der Waals surface area contributed by atoms with Gasteiger partial charge in [-0.1, -0.05) is 6.07 Å². The van der Waals surface area contributed by atoms with Crippen molar-refractivity contribution in [2.75, 3.05) is 27.4 Å². The van der Waals surface area contributed by atoms with Gasteiger partial charge in [0.2, 0.25) is 0 Å². The summed E-state index contributed by atoms with van der Waals surface area (Å²) in [5.74, 6) is -1.84. The molecule has 2 aromatic heterocycles. The lowest BCUT2D eigenvalue weighted by atomic mass is 9.96. The summed E-state index contributed by atoms with van der Waals surface area (Å²) < 4.78 is 12.6. The molecule has 1 fully saturated rings. The highest BCUT2D eigenvalue weighted by molar-refractivity contribution is 9.10. The van der Waals surface area contributed by atoms with Crippen LogP contribution in [0.1, 0.15) is 35.0 Å². The fraction of sp³-hybridized carbons (Fsp3) is 0.320. The van der Waals surface area contributed by atoms with Crippen molar-refractivity contribution in [3.8, 4) is 11.5 Å². The number of fused-ring (bicyclic) bond motifs is 1. The predicted octanol–water partition coefficient (Wildman–Crippen LogP) is 3.89. The van der Waals surface area contributed by atoms with Gasteiger partial charge >= 0.3 is 0 Å². The first-order chi connectivity index (χ1) is 16.7. The lowest BCUT2D eigenvalue weighted by molar-refractivity contribution is -0.140. The van der Waals surface area contributed by atoms with Crippen LogP contribution in [-0.4, -0.2) is 63.6 Å². The number of hydrogen-bond acceptors (Lipinski definition) is 7. The molecule has 3 heterocycles. The number of aliphatic hydroxyl groups is 1. The Kier molecular flexibility index (Phi) is 6.86. The van der Waals surface area contributed by atoms with E-state index in [0.29, 0.717) is 34.4 Å². The molecule has 35 heavy (non-hydrogen) atoms. The van der Waals surface area contributed by atoms with Gasteiger partial charge in [-0.15, -0.1) is 0 Å². The predicted molar refractivity (Wildman–Crippen MR) is 133 cm³/mol. The summed E-state index contributed by atoms with van der Waals surface area (Å²) >= 11 is 3.31. The largest absolute Gasteiger partial charge is 0.505 e. The molecule has 0 saturated carbocycles. The van der Waals surface area contributed by atoms with E-state index < -0.39 is 17.7 Å². The minimum atomic E-state index is -0.914. The summed E-state index contributed by atoms with van der Waals surface area (Å²) in [5, 5.41) is 21.7. The Labute approximate surface area is 210 Å². The standard InChI is InChI=1S/C25H26BrN3O6/c1-13-7-5-8-28-14(2)19(27-24(13)28)22(31)18-20(15-11-16(26)21(30)17(12-15)35-4)29(9-6-10-34-3)25(33)23(18)32/h5,7-8,11-12,20,30-31H,6,9-10H2,1-4H3. The van der Waals surface area contributed by atoms with Crippen molar-refractivity contribution < 1.29 is 29.3 Å². The number of Topliss-reactive ketones (excluding diaryl/α,β-unsaturated/α-hetero) is 1. The fourth-order valence-electron chi connectivity index (χ4n) is 4.42. The van der Waals surface area contributed by atoms with E-state index in [-0.39, 0.29) is 35.1 Å². The lowest BCUT2D eigenvalue weighted by Crippen LogP contribution is -2.31. The van der Waals surface area contributed by atoms with Crippen LogP contribution in [0.25, 0.3) is 11.4 Å². The summed E-state index contributed by atoms with van der Waals surface area (Å²) in [6.45, 7) is 4.31. The molecular weight excluding hydrogens is 518 g/mol. The second-order valence-corrected chi connectivity index (χ2v) is 9.18. The zero-order valence-electron chi connectivity index (χ0n) is 19.8. The molecule has 1 aromatic carbocycles. The molecule has 0 radical (unpaired) electrons. The molecule has 1 unspecified atom stereocenters. The monoisotopic (exact) mass is 543 g/mol. The number of carbonyl (C=O) groups is 2. The molecule has 1 atom stereocenters. The van der Waals surface area contributed by atoms with Gasteiger partial charge in [0, 0.05) is 26.5 Å². The van der Waals surface area contributed by atoms with Gasteiger partial charge in [-0.05, 0) is 65.5 Å². The number of carbonyl (C=O) groups excluding carboxylic acids is 2. The fourth-order valence-corrected chi connectivity index (χ4v) is 4.88. The third-order valence-electron chi connectivity index (χ3n) is 6.18. The summed E-state index contributed by atoms with van der Waals surface area (Å²) in [7, 11) is 2.96. The van der Waals surface area contributed by atoms with Crippen LogP contribution < -0.4 is 4.74 Å². The molecule has 4 rings (SSSR count). The van der Waals surface area contributed by atoms with Crippen LogP contribution in [0.4, 0.5) is 0 Å². The number of hydrogen-bond donors (Lipinski definition) is 2. The van der Waals surface area contributed by atoms with Crippen molar-refractivity contribution >= 4 is 39.0 Å². The summed E-state index contributed by atoms with van der Waals surface area (Å²) in [6, 6.07) is 6.01. The third-order valence-corrected chi connectivity index (χ3v) is 6.79. The molecule has 3 aromatic rings. The van der Waals surface area contributed by atoms with Gasteiger partial charge in [-0.2, -0.15) is 0 Å². The molecule has 184 valence electrons. The normalized spacial score (nSPS) is 17.5. The number of ether oxygens (including phenoxy) is 2. The highest BCUT2D eigenvalue weighted by atomic mass is 79.9. The molecular formula is C25H26BrN3O6. The van der Waals surface area contributed by atoms with Crippen molar-refractivity contribution in [3.05, 3.63) is 63.0 Å². The molecule has 1 saturated heterocycles. The number of aryl methyl sites for hydroxylation is 2. The van der Waals surface area contributed by atoms with E-state index in [9.17, 15) is 19.8 Å². The number of halogens is 1. The zero-order valence-corrected chi connectivity index (χ0v) is 21.4. The summed E-state index contributed by atoms with van der Waals surface area (Å²) in [5.41, 5.74) is 2.82. The number of methoxy groups -OCH3 is 2. The molecule has 1 aliphatic rings. The van der Waals surface area contributed by atoms with Gasteiger partial charge in [0.05, 0.1) is 28.9 Å². The number of ketones is 1. The van der Waals surface area contributed by atoms with Crippen molar-refractivity contribution in [1.29, 1.82) is 0 Å². The topological polar surface area (TPSA) is 114 Å². The van der Waals surface area contributed by atoms with Crippen LogP contribution >= 0.6 is 15.9 Å². The number of aromatic hydroxyl groups is 1. The van der Waals surface area contributed by atoms with Crippen LogP contribution in [0, 0.1) is 13.8 Å². The highest BCUT2D eigenvalue weighted by Gasteiger charge is 2.46. The Hall–Kier alpha value is -3.37. The first-order valence-corrected chi connectivity index (χ1v) is 11.8. The van der Waals surface area contributed by atoms with E-state index in [4.69, 9.17) is 9.47 Å². The molecule has 2 N–H and O–H groups in total. The average Bonchev–Trinajstić information content (AvgIpc) is 3.31. The molecule has 0 bridgehead atoms. The number of pyridine rings is 1.